The quantitative estimate of drug-likeness (QED) is 0.939. The van der Waals surface area contributed by atoms with E-state index in [-0.39, 0.29) is 5.92 Å². The molecule has 108 valence electrons. The van der Waals surface area contributed by atoms with E-state index in [2.05, 4.69) is 29.2 Å². The molecular formula is C17H16ClNO2. The fraction of sp³-hybridized carbons (Fsp3) is 0.235. The van der Waals surface area contributed by atoms with Crippen LogP contribution in [0.1, 0.15) is 5.56 Å². The smallest absolute Gasteiger partial charge is 0.309 e. The van der Waals surface area contributed by atoms with Crippen LogP contribution >= 0.6 is 11.6 Å². The summed E-state index contributed by atoms with van der Waals surface area (Å²) in [6.07, 6.45) is 0. The first-order valence-corrected chi connectivity index (χ1v) is 7.30. The lowest BCUT2D eigenvalue weighted by Crippen LogP contribution is -2.49. The van der Waals surface area contributed by atoms with Crippen molar-refractivity contribution in [2.75, 3.05) is 13.1 Å². The molecule has 0 saturated carbocycles. The molecule has 3 rings (SSSR count). The van der Waals surface area contributed by atoms with E-state index in [1.165, 1.54) is 5.56 Å². The van der Waals surface area contributed by atoms with Gasteiger partial charge in [0.25, 0.3) is 0 Å². The van der Waals surface area contributed by atoms with Crippen LogP contribution in [0.2, 0.25) is 5.02 Å². The Morgan fingerprint density at radius 3 is 2.43 bits per heavy atom. The molecule has 1 fully saturated rings. The maximum absolute atomic E-state index is 10.8. The zero-order chi connectivity index (χ0) is 14.8. The summed E-state index contributed by atoms with van der Waals surface area (Å²) in [6, 6.07) is 16.1. The summed E-state index contributed by atoms with van der Waals surface area (Å²) in [4.78, 5) is 12.9. The van der Waals surface area contributed by atoms with Gasteiger partial charge < -0.3 is 5.11 Å². The number of nitrogens with zero attached hydrogens (tertiary/aromatic N) is 1. The summed E-state index contributed by atoms with van der Waals surface area (Å²) in [6.45, 7) is 2.08. The number of likely N-dealkylation sites (tertiary alicyclic amines) is 1. The summed E-state index contributed by atoms with van der Waals surface area (Å²) < 4.78 is 0. The van der Waals surface area contributed by atoms with Gasteiger partial charge >= 0.3 is 5.97 Å². The first-order chi connectivity index (χ1) is 10.1. The minimum absolute atomic E-state index is 0.201. The molecule has 3 nitrogen and oxygen atoms in total. The van der Waals surface area contributed by atoms with E-state index in [1.807, 2.05) is 24.3 Å². The van der Waals surface area contributed by atoms with Crippen molar-refractivity contribution in [1.29, 1.82) is 0 Å². The third-order valence-corrected chi connectivity index (χ3v) is 4.18. The highest BCUT2D eigenvalue weighted by Gasteiger charge is 2.31. The van der Waals surface area contributed by atoms with E-state index in [4.69, 9.17) is 16.7 Å². The van der Waals surface area contributed by atoms with Gasteiger partial charge in [0.1, 0.15) is 0 Å². The van der Waals surface area contributed by atoms with Crippen molar-refractivity contribution in [3.63, 3.8) is 0 Å². The van der Waals surface area contributed by atoms with Crippen molar-refractivity contribution in [3.8, 4) is 11.1 Å². The fourth-order valence-corrected chi connectivity index (χ4v) is 2.84. The predicted molar refractivity (Wildman–Crippen MR) is 83.3 cm³/mol. The normalized spacial score (nSPS) is 15.7. The molecule has 0 bridgehead atoms. The molecule has 4 heteroatoms. The molecule has 0 atom stereocenters. The Bertz CT molecular complexity index is 648. The number of aliphatic carboxylic acids is 1. The highest BCUT2D eigenvalue weighted by atomic mass is 35.5. The lowest BCUT2D eigenvalue weighted by molar-refractivity contribution is -0.147. The van der Waals surface area contributed by atoms with E-state index in [9.17, 15) is 4.79 Å². The number of halogens is 1. The van der Waals surface area contributed by atoms with E-state index >= 15 is 0 Å². The number of rotatable bonds is 4. The third kappa shape index (κ3) is 3.09. The van der Waals surface area contributed by atoms with Crippen LogP contribution < -0.4 is 0 Å². The van der Waals surface area contributed by atoms with E-state index < -0.39 is 5.97 Å². The molecule has 1 N–H and O–H groups in total. The highest BCUT2D eigenvalue weighted by Crippen LogP contribution is 2.28. The van der Waals surface area contributed by atoms with Gasteiger partial charge in [0.2, 0.25) is 0 Å². The van der Waals surface area contributed by atoms with Gasteiger partial charge in [-0.2, -0.15) is 0 Å². The molecule has 1 aliphatic heterocycles. The maximum Gasteiger partial charge on any atom is 0.309 e. The molecule has 0 aromatic heterocycles. The van der Waals surface area contributed by atoms with Gasteiger partial charge in [-0.1, -0.05) is 54.1 Å². The van der Waals surface area contributed by atoms with Crippen LogP contribution in [0.4, 0.5) is 0 Å². The molecule has 0 unspecified atom stereocenters. The van der Waals surface area contributed by atoms with Crippen molar-refractivity contribution < 1.29 is 9.90 Å². The average molecular weight is 302 g/mol. The SMILES string of the molecule is O=C(O)C1CN(Cc2ccc(-c3ccccc3Cl)cc2)C1. The second kappa shape index (κ2) is 5.88. The molecule has 1 aliphatic rings. The monoisotopic (exact) mass is 301 g/mol. The lowest BCUT2D eigenvalue weighted by Gasteiger charge is -2.36. The molecule has 2 aromatic rings. The van der Waals surface area contributed by atoms with Crippen LogP contribution in [-0.4, -0.2) is 29.1 Å². The summed E-state index contributed by atoms with van der Waals surface area (Å²) in [5.41, 5.74) is 3.31. The van der Waals surface area contributed by atoms with Crippen molar-refractivity contribution in [2.45, 2.75) is 6.54 Å². The Morgan fingerprint density at radius 2 is 1.81 bits per heavy atom. The first-order valence-electron chi connectivity index (χ1n) is 6.92. The molecule has 1 heterocycles. The summed E-state index contributed by atoms with van der Waals surface area (Å²) in [7, 11) is 0. The number of carbonyl (C=O) groups is 1. The van der Waals surface area contributed by atoms with Gasteiger partial charge in [-0.25, -0.2) is 0 Å². The topological polar surface area (TPSA) is 40.5 Å². The Balaban J connectivity index is 1.65. The number of carboxylic acid groups (broad SMARTS) is 1. The van der Waals surface area contributed by atoms with Crippen LogP contribution in [0.15, 0.2) is 48.5 Å². The number of carboxylic acids is 1. The van der Waals surface area contributed by atoms with Crippen molar-refractivity contribution >= 4 is 17.6 Å². The molecule has 2 aromatic carbocycles. The number of benzene rings is 2. The van der Waals surface area contributed by atoms with Crippen molar-refractivity contribution in [1.82, 2.24) is 4.90 Å². The van der Waals surface area contributed by atoms with E-state index in [1.54, 1.807) is 0 Å². The summed E-state index contributed by atoms with van der Waals surface area (Å²) in [5, 5.41) is 9.61. The average Bonchev–Trinajstić information content (AvgIpc) is 2.43. The van der Waals surface area contributed by atoms with Gasteiger partial charge in [-0.15, -0.1) is 0 Å². The number of hydrogen-bond donors (Lipinski definition) is 1. The zero-order valence-electron chi connectivity index (χ0n) is 11.5. The lowest BCUT2D eigenvalue weighted by atomic mass is 9.99. The van der Waals surface area contributed by atoms with E-state index in [0.29, 0.717) is 13.1 Å². The molecule has 0 radical (unpaired) electrons. The third-order valence-electron chi connectivity index (χ3n) is 3.85. The van der Waals surface area contributed by atoms with E-state index in [0.717, 1.165) is 22.7 Å². The Labute approximate surface area is 128 Å². The summed E-state index contributed by atoms with van der Waals surface area (Å²) in [5.74, 6) is -0.896. The molecule has 0 aliphatic carbocycles. The predicted octanol–water partition coefficient (Wildman–Crippen LogP) is 3.52. The van der Waals surface area contributed by atoms with Gasteiger partial charge in [0.05, 0.1) is 5.92 Å². The van der Waals surface area contributed by atoms with Gasteiger partial charge in [-0.05, 0) is 17.2 Å². The molecule has 1 saturated heterocycles. The summed E-state index contributed by atoms with van der Waals surface area (Å²) >= 11 is 6.20. The number of hydrogen-bond acceptors (Lipinski definition) is 2. The fourth-order valence-electron chi connectivity index (χ4n) is 2.60. The Hall–Kier alpha value is -1.84. The van der Waals surface area contributed by atoms with Crippen molar-refractivity contribution in [3.05, 3.63) is 59.1 Å². The standard InChI is InChI=1S/C17H16ClNO2/c18-16-4-2-1-3-15(16)13-7-5-12(6-8-13)9-19-10-14(11-19)17(20)21/h1-8,14H,9-11H2,(H,20,21). The largest absolute Gasteiger partial charge is 0.481 e. The van der Waals surface area contributed by atoms with Crippen LogP contribution in [-0.2, 0) is 11.3 Å². The second-order valence-electron chi connectivity index (χ2n) is 5.41. The van der Waals surface area contributed by atoms with Crippen LogP contribution in [0.3, 0.4) is 0 Å². The van der Waals surface area contributed by atoms with Gasteiger partial charge in [-0.3, -0.25) is 9.69 Å². The molecule has 0 spiro atoms. The van der Waals surface area contributed by atoms with Crippen LogP contribution in [0.5, 0.6) is 0 Å². The Morgan fingerprint density at radius 1 is 1.14 bits per heavy atom. The minimum Gasteiger partial charge on any atom is -0.481 e. The molecule has 0 amide bonds. The minimum atomic E-state index is -0.694. The van der Waals surface area contributed by atoms with Gasteiger partial charge in [0, 0.05) is 30.2 Å². The highest BCUT2D eigenvalue weighted by molar-refractivity contribution is 6.33. The first kappa shape index (κ1) is 14.1. The molecular weight excluding hydrogens is 286 g/mol. The van der Waals surface area contributed by atoms with Crippen LogP contribution in [0, 0.1) is 5.92 Å². The maximum atomic E-state index is 10.8. The van der Waals surface area contributed by atoms with Crippen molar-refractivity contribution in [2.24, 2.45) is 5.92 Å². The van der Waals surface area contributed by atoms with Crippen LogP contribution in [0.25, 0.3) is 11.1 Å². The van der Waals surface area contributed by atoms with Gasteiger partial charge in [0.15, 0.2) is 0 Å². The molecule has 21 heavy (non-hydrogen) atoms. The second-order valence-corrected chi connectivity index (χ2v) is 5.81. The Kier molecular flexibility index (Phi) is 3.95. The zero-order valence-corrected chi connectivity index (χ0v) is 12.3.